The Morgan fingerprint density at radius 1 is 0.650 bits per heavy atom. The number of fused-ring (bicyclic) bond motifs is 2. The average molecular weight is 1480 g/mol. The monoisotopic (exact) mass is 1480 g/mol. The van der Waals surface area contributed by atoms with Crippen molar-refractivity contribution in [2.45, 2.75) is 127 Å². The molecule has 6 atom stereocenters. The van der Waals surface area contributed by atoms with Crippen molar-refractivity contribution in [3.63, 3.8) is 0 Å². The fourth-order valence-electron chi connectivity index (χ4n) is 12.7. The first-order chi connectivity index (χ1) is 49.0. The number of thiazole rings is 2. The van der Waals surface area contributed by atoms with Crippen LogP contribution >= 0.6 is 22.7 Å². The van der Waals surface area contributed by atoms with Gasteiger partial charge < -0.3 is 73.6 Å². The van der Waals surface area contributed by atoms with E-state index in [9.17, 15) is 47.4 Å². The maximum atomic E-state index is 14.3. The number of aliphatic carboxylic acids is 2. The van der Waals surface area contributed by atoms with Crippen LogP contribution in [0.25, 0.3) is 22.3 Å². The molecule has 0 saturated carbocycles. The Bertz CT molecular complexity index is 4220. The number of nitrogens with two attached hydrogens (primary N) is 4. The second-order valence-corrected chi connectivity index (χ2v) is 30.2. The fraction of sp³-hybridized carbons (Fsp3) is 0.455. The Morgan fingerprint density at radius 3 is 1.37 bits per heavy atom. The third kappa shape index (κ3) is 14.9. The summed E-state index contributed by atoms with van der Waals surface area (Å²) in [6.07, 6.45) is 2.95. The Labute approximate surface area is 599 Å². The molecule has 37 heteroatoms. The zero-order valence-corrected chi connectivity index (χ0v) is 59.6. The van der Waals surface area contributed by atoms with Gasteiger partial charge in [0.25, 0.3) is 46.5 Å². The highest BCUT2D eigenvalue weighted by Crippen LogP contribution is 2.41. The van der Waals surface area contributed by atoms with Crippen LogP contribution in [-0.2, 0) is 83.3 Å². The number of hydroxylamine groups is 4. The normalized spacial score (nSPS) is 21.2. The first-order valence-corrected chi connectivity index (χ1v) is 36.4. The molecule has 0 spiro atoms. The number of oxime groups is 2. The molecule has 0 aliphatic carbocycles. The number of ether oxygens (including phenoxy) is 2. The van der Waals surface area contributed by atoms with E-state index >= 15 is 0 Å². The van der Waals surface area contributed by atoms with Crippen molar-refractivity contribution in [1.82, 2.24) is 41.4 Å². The van der Waals surface area contributed by atoms with Gasteiger partial charge >= 0.3 is 22.3 Å². The summed E-state index contributed by atoms with van der Waals surface area (Å²) in [4.78, 5) is 103. The smallest absolute Gasteiger partial charge is 0.442 e. The Morgan fingerprint density at radius 2 is 1.04 bits per heavy atom. The number of aromatic nitrogens is 4. The number of β-lactam (4-membered cyclic amide) rings is 2. The highest BCUT2D eigenvalue weighted by atomic mass is 32.3. The molecule has 12 rings (SSSR count). The zero-order chi connectivity index (χ0) is 73.5. The van der Waals surface area contributed by atoms with Crippen molar-refractivity contribution < 1.29 is 84.2 Å². The maximum absolute atomic E-state index is 14.3. The van der Waals surface area contributed by atoms with Gasteiger partial charge in [0.1, 0.15) is 35.0 Å². The second-order valence-electron chi connectivity index (χ2n) is 27.3. The predicted molar refractivity (Wildman–Crippen MR) is 375 cm³/mol. The van der Waals surface area contributed by atoms with Crippen LogP contribution in [0, 0.1) is 11.8 Å². The SMILES string of the molecule is CC1(C)[C@H](NC(=O)/C(=N\O[C@](C)(C(=O)O)[C@H]2CCc3cc(-c4ccc(NCCN)[n+](CC5CNC5)c4)ccc3O2)c2csc(N)n2)C(=O)N1OS(=O)(=O)ON1C(=O)[C@@H](NC(=O)/C(=N\O[C@](C)(C(=O)O)[C@H]2CCc3cc(-c4ccc(NCCN)[n+](CC5CNC5)c4)ccc3O2)c2csc(N)n2)C1(C)C. The lowest BCUT2D eigenvalue weighted by Gasteiger charge is -2.52. The first kappa shape index (κ1) is 73.0. The predicted octanol–water partition coefficient (Wildman–Crippen LogP) is 0.788. The number of amides is 4. The van der Waals surface area contributed by atoms with Crippen molar-refractivity contribution in [3.8, 4) is 33.8 Å². The Hall–Kier alpha value is -9.73. The van der Waals surface area contributed by atoms with Crippen molar-refractivity contribution in [2.75, 3.05) is 74.5 Å². The number of nitrogens with one attached hydrogen (secondary N) is 6. The number of hydrogen-bond acceptors (Lipinski definition) is 28. The van der Waals surface area contributed by atoms with Gasteiger partial charge in [-0.3, -0.25) is 29.8 Å². The van der Waals surface area contributed by atoms with Gasteiger partial charge in [-0.25, -0.2) is 28.7 Å². The summed E-state index contributed by atoms with van der Waals surface area (Å²) in [5, 5.41) is 51.4. The van der Waals surface area contributed by atoms with E-state index in [0.717, 1.165) is 107 Å². The van der Waals surface area contributed by atoms with Crippen molar-refractivity contribution in [3.05, 3.63) is 106 Å². The number of hydrogen-bond donors (Lipinski definition) is 12. The maximum Gasteiger partial charge on any atom is 0.442 e. The van der Waals surface area contributed by atoms with Crippen LogP contribution in [-0.4, -0.2) is 185 Å². The Balaban J connectivity index is 0.674. The number of rotatable bonds is 30. The minimum atomic E-state index is -5.40. The van der Waals surface area contributed by atoms with Crippen LogP contribution in [0.15, 0.2) is 94.1 Å². The minimum Gasteiger partial charge on any atom is -0.485 e. The van der Waals surface area contributed by atoms with Gasteiger partial charge in [0.05, 0.1) is 49.7 Å². The number of carboxylic acid groups (broad SMARTS) is 2. The molecular weight excluding hydrogens is 1400 g/mol. The zero-order valence-electron chi connectivity index (χ0n) is 57.2. The fourth-order valence-corrected chi connectivity index (χ4v) is 14.7. The molecule has 0 unspecified atom stereocenters. The summed E-state index contributed by atoms with van der Waals surface area (Å²) in [7, 11) is -5.40. The van der Waals surface area contributed by atoms with Crippen molar-refractivity contribution >= 4 is 102 Å². The topological polar surface area (TPSA) is 473 Å². The number of anilines is 4. The van der Waals surface area contributed by atoms with Crippen LogP contribution in [0.4, 0.5) is 21.9 Å². The van der Waals surface area contributed by atoms with Crippen LogP contribution in [0.1, 0.15) is 76.9 Å². The molecule has 10 heterocycles. The Kier molecular flexibility index (Phi) is 20.7. The number of carbonyl (C=O) groups is 6. The molecule has 548 valence electrons. The van der Waals surface area contributed by atoms with E-state index in [0.29, 0.717) is 72.5 Å². The van der Waals surface area contributed by atoms with Gasteiger partial charge in [-0.1, -0.05) is 22.4 Å². The van der Waals surface area contributed by atoms with Crippen LogP contribution in [0.3, 0.4) is 0 Å². The summed E-state index contributed by atoms with van der Waals surface area (Å²) in [6.45, 7) is 15.3. The summed E-state index contributed by atoms with van der Waals surface area (Å²) in [5.74, 6) is -3.76. The summed E-state index contributed by atoms with van der Waals surface area (Å²) < 4.78 is 54.6. The number of carbonyl (C=O) groups excluding carboxylic acids is 4. The molecule has 103 heavy (non-hydrogen) atoms. The van der Waals surface area contributed by atoms with Gasteiger partial charge in [-0.2, -0.15) is 18.5 Å². The second kappa shape index (κ2) is 29.2. The lowest BCUT2D eigenvalue weighted by molar-refractivity contribution is -0.690. The summed E-state index contributed by atoms with van der Waals surface area (Å²) in [5.41, 5.74) is 19.5. The molecule has 4 aromatic heterocycles. The number of carboxylic acids is 2. The molecule has 2 aromatic carbocycles. The quantitative estimate of drug-likeness (QED) is 0.0128. The van der Waals surface area contributed by atoms with Gasteiger partial charge in [0.15, 0.2) is 33.9 Å². The van der Waals surface area contributed by atoms with E-state index in [1.54, 1.807) is 12.1 Å². The van der Waals surface area contributed by atoms with E-state index in [4.69, 9.17) is 50.7 Å². The highest BCUT2D eigenvalue weighted by Gasteiger charge is 2.62. The summed E-state index contributed by atoms with van der Waals surface area (Å²) in [6, 6.07) is 16.2. The van der Waals surface area contributed by atoms with Crippen LogP contribution < -0.4 is 73.4 Å². The average Bonchev–Trinajstić information content (AvgIpc) is 0.972. The van der Waals surface area contributed by atoms with E-state index in [1.165, 1.54) is 52.3 Å². The number of pyridine rings is 2. The first-order valence-electron chi connectivity index (χ1n) is 33.3. The molecule has 0 bridgehead atoms. The molecule has 16 N–H and O–H groups in total. The molecule has 6 aromatic rings. The largest absolute Gasteiger partial charge is 0.485 e. The molecule has 0 radical (unpaired) electrons. The number of nitrogens with zero attached hydrogens (tertiary/aromatic N) is 8. The van der Waals surface area contributed by atoms with E-state index in [-0.39, 0.29) is 34.5 Å². The van der Waals surface area contributed by atoms with E-state index in [2.05, 4.69) is 73.7 Å². The van der Waals surface area contributed by atoms with Crippen LogP contribution in [0.2, 0.25) is 0 Å². The van der Waals surface area contributed by atoms with E-state index in [1.807, 2.05) is 48.5 Å². The molecule has 6 aliphatic heterocycles. The number of benzene rings is 2. The molecule has 4 fully saturated rings. The van der Waals surface area contributed by atoms with Gasteiger partial charge in [-0.05, 0) is 126 Å². The van der Waals surface area contributed by atoms with Crippen LogP contribution in [0.5, 0.6) is 11.5 Å². The third-order valence-electron chi connectivity index (χ3n) is 19.2. The van der Waals surface area contributed by atoms with E-state index < -0.39 is 104 Å². The lowest BCUT2D eigenvalue weighted by atomic mass is 9.84. The van der Waals surface area contributed by atoms with Crippen molar-refractivity contribution in [2.24, 2.45) is 33.6 Å². The highest BCUT2D eigenvalue weighted by molar-refractivity contribution is 7.81. The summed E-state index contributed by atoms with van der Waals surface area (Å²) >= 11 is 1.84. The van der Waals surface area contributed by atoms with Gasteiger partial charge in [-0.15, -0.1) is 31.2 Å². The molecule has 4 amide bonds. The number of nitrogen functional groups attached to an aromatic ring is 2. The number of aryl methyl sites for hydroxylation is 2. The lowest BCUT2D eigenvalue weighted by Crippen LogP contribution is -2.78. The third-order valence-corrected chi connectivity index (χ3v) is 21.2. The molecule has 6 aliphatic rings. The van der Waals surface area contributed by atoms with Gasteiger partial charge in [0, 0.05) is 85.1 Å². The van der Waals surface area contributed by atoms with Gasteiger partial charge in [0.2, 0.25) is 0 Å². The standard InChI is InChI=1S/C66H80N18O16S3/c1-63(2)53(77-55(85)51(43-33-101-61(69)75-43)79-97-65(5,59(89)90)47-15-9-39-23-37(7-13-45(39)95-47)41-11-17-49(73-21-19-67)81(31-41)29-35-25-71-26-35)57(87)83(63)99-103(93,94)100-84-58(88)54(64(84,3)4)78-56(86)52(44-34-102-62(70)76-44)80-98-66(6,60(91)92)48-16-10-40-24-38(8-14-46(40)96-48)42-12-18-50(74-22-20-68)82(32-42)30-36-27-72-28-36/h7-8,11-14,17-18,23-24,31-36,47-48,53-54,71-72H,9-10,15-16,19-22,25-30,67-68H2,1-6H3,(H8,69,70,75,76,77,78,85,86,89,90,91,92)/p+2/b79-51-,80-52-/t47-,48-,53-,54-,65+,66+/m1/s1. The minimum absolute atomic E-state index is 0.00528. The molecule has 34 nitrogen and oxygen atoms in total. The molecule has 4 saturated heterocycles. The molecular formula is C66H82N18O16S3+2. The van der Waals surface area contributed by atoms with Crippen molar-refractivity contribution in [1.29, 1.82) is 0 Å².